The molecule has 0 bridgehead atoms. The van der Waals surface area contributed by atoms with E-state index in [4.69, 9.17) is 0 Å². The molecule has 0 aliphatic rings. The molecule has 4 rings (SSSR count). The summed E-state index contributed by atoms with van der Waals surface area (Å²) in [4.78, 5) is 0. The van der Waals surface area contributed by atoms with E-state index in [-0.39, 0.29) is 11.6 Å². The van der Waals surface area contributed by atoms with Crippen LogP contribution in [0, 0.1) is 0 Å². The summed E-state index contributed by atoms with van der Waals surface area (Å²) in [6, 6.07) is 14.0. The third kappa shape index (κ3) is 3.00. The Morgan fingerprint density at radius 2 is 1.18 bits per heavy atom. The Morgan fingerprint density at radius 3 is 1.79 bits per heavy atom. The van der Waals surface area contributed by atoms with Gasteiger partial charge in [-0.3, -0.25) is 0 Å². The number of alkyl halides is 6. The van der Waals surface area contributed by atoms with E-state index in [0.29, 0.717) is 5.56 Å². The molecule has 144 valence electrons. The number of hydrogen-bond acceptors (Lipinski definition) is 0. The minimum atomic E-state index is -4.88. The first kappa shape index (κ1) is 18.4. The molecule has 4 aromatic rings. The summed E-state index contributed by atoms with van der Waals surface area (Å²) in [6.07, 6.45) is -9.75. The molecule has 0 spiro atoms. The Balaban J connectivity index is 1.98. The lowest BCUT2D eigenvalue weighted by Crippen LogP contribution is -2.11. The van der Waals surface area contributed by atoms with E-state index in [0.717, 1.165) is 33.9 Å². The van der Waals surface area contributed by atoms with Crippen molar-refractivity contribution in [2.45, 2.75) is 12.4 Å². The second kappa shape index (κ2) is 6.02. The summed E-state index contributed by atoms with van der Waals surface area (Å²) in [5, 5.41) is 1.64. The summed E-state index contributed by atoms with van der Waals surface area (Å²) in [6.45, 7) is 0. The summed E-state index contributed by atoms with van der Waals surface area (Å²) >= 11 is 0. The van der Waals surface area contributed by atoms with Gasteiger partial charge in [-0.25, -0.2) is 0 Å². The van der Waals surface area contributed by atoms with Crippen LogP contribution in [0.4, 0.5) is 26.3 Å². The van der Waals surface area contributed by atoms with Gasteiger partial charge in [0.15, 0.2) is 0 Å². The fourth-order valence-corrected chi connectivity index (χ4v) is 3.47. The van der Waals surface area contributed by atoms with Gasteiger partial charge in [0.05, 0.1) is 11.1 Å². The van der Waals surface area contributed by atoms with E-state index >= 15 is 0 Å². The minimum absolute atomic E-state index is 0.128. The van der Waals surface area contributed by atoms with Gasteiger partial charge in [0, 0.05) is 28.9 Å². The average molecular weight is 393 g/mol. The average Bonchev–Trinajstić information content (AvgIpc) is 2.92. The van der Waals surface area contributed by atoms with Crippen LogP contribution in [0.25, 0.3) is 32.9 Å². The predicted molar refractivity (Wildman–Crippen MR) is 95.9 cm³/mol. The normalized spacial score (nSPS) is 12.8. The second-order valence-electron chi connectivity index (χ2n) is 6.60. The van der Waals surface area contributed by atoms with E-state index in [2.05, 4.69) is 0 Å². The van der Waals surface area contributed by atoms with E-state index in [1.807, 2.05) is 35.9 Å². The highest BCUT2D eigenvalue weighted by molar-refractivity contribution is 6.09. The largest absolute Gasteiger partial charge is 0.416 e. The molecule has 0 saturated heterocycles. The van der Waals surface area contributed by atoms with E-state index < -0.39 is 23.5 Å². The molecule has 0 amide bonds. The highest BCUT2D eigenvalue weighted by Crippen LogP contribution is 2.39. The molecular formula is C21H13F6N. The zero-order chi connectivity index (χ0) is 20.3. The highest BCUT2D eigenvalue weighted by Gasteiger charge is 2.37. The van der Waals surface area contributed by atoms with Crippen LogP contribution in [0.2, 0.25) is 0 Å². The monoisotopic (exact) mass is 393 g/mol. The number of nitrogens with zero attached hydrogens (tertiary/aromatic N) is 1. The lowest BCUT2D eigenvalue weighted by molar-refractivity contribution is -0.143. The van der Waals surface area contributed by atoms with Crippen molar-refractivity contribution in [3.8, 4) is 11.1 Å². The van der Waals surface area contributed by atoms with Crippen molar-refractivity contribution >= 4 is 21.8 Å². The van der Waals surface area contributed by atoms with Gasteiger partial charge in [-0.1, -0.05) is 24.3 Å². The molecule has 0 unspecified atom stereocenters. The molecular weight excluding hydrogens is 380 g/mol. The van der Waals surface area contributed by atoms with Crippen molar-refractivity contribution in [1.29, 1.82) is 0 Å². The fourth-order valence-electron chi connectivity index (χ4n) is 3.47. The number of aromatic nitrogens is 1. The molecule has 3 aromatic carbocycles. The van der Waals surface area contributed by atoms with Gasteiger partial charge in [0.1, 0.15) is 0 Å². The van der Waals surface area contributed by atoms with Crippen molar-refractivity contribution in [3.05, 3.63) is 71.8 Å². The summed E-state index contributed by atoms with van der Waals surface area (Å²) in [7, 11) is 1.86. The molecule has 0 aliphatic carbocycles. The van der Waals surface area contributed by atoms with Gasteiger partial charge < -0.3 is 4.57 Å². The zero-order valence-electron chi connectivity index (χ0n) is 14.5. The number of fused-ring (bicyclic) bond motifs is 3. The van der Waals surface area contributed by atoms with Gasteiger partial charge in [-0.2, -0.15) is 26.3 Å². The molecule has 0 fully saturated rings. The minimum Gasteiger partial charge on any atom is -0.344 e. The Bertz CT molecular complexity index is 1170. The molecule has 28 heavy (non-hydrogen) atoms. The van der Waals surface area contributed by atoms with Crippen molar-refractivity contribution in [1.82, 2.24) is 4.57 Å². The Labute approximate surface area is 155 Å². The van der Waals surface area contributed by atoms with Crippen LogP contribution in [-0.4, -0.2) is 4.57 Å². The molecule has 1 aromatic heterocycles. The van der Waals surface area contributed by atoms with Crippen LogP contribution in [0.1, 0.15) is 11.1 Å². The maximum absolute atomic E-state index is 13.1. The van der Waals surface area contributed by atoms with Gasteiger partial charge in [-0.15, -0.1) is 0 Å². The van der Waals surface area contributed by atoms with Crippen molar-refractivity contribution in [2.75, 3.05) is 0 Å². The summed E-state index contributed by atoms with van der Waals surface area (Å²) < 4.78 is 80.8. The third-order valence-corrected chi connectivity index (χ3v) is 4.83. The number of halogens is 6. The van der Waals surface area contributed by atoms with Gasteiger partial charge in [0.25, 0.3) is 0 Å². The second-order valence-corrected chi connectivity index (χ2v) is 6.60. The molecule has 7 heteroatoms. The maximum Gasteiger partial charge on any atom is 0.416 e. The first-order valence-corrected chi connectivity index (χ1v) is 8.33. The van der Waals surface area contributed by atoms with Gasteiger partial charge in [-0.05, 0) is 47.5 Å². The maximum atomic E-state index is 13.1. The van der Waals surface area contributed by atoms with Gasteiger partial charge in [0.2, 0.25) is 0 Å². The number of benzene rings is 3. The van der Waals surface area contributed by atoms with Gasteiger partial charge >= 0.3 is 12.4 Å². The van der Waals surface area contributed by atoms with Crippen LogP contribution in [0.15, 0.2) is 60.7 Å². The molecule has 0 saturated carbocycles. The van der Waals surface area contributed by atoms with E-state index in [9.17, 15) is 26.3 Å². The highest BCUT2D eigenvalue weighted by atomic mass is 19.4. The zero-order valence-corrected chi connectivity index (χ0v) is 14.5. The van der Waals surface area contributed by atoms with Crippen LogP contribution in [-0.2, 0) is 19.4 Å². The Morgan fingerprint density at radius 1 is 0.607 bits per heavy atom. The SMILES string of the molecule is Cn1c2ccccc2c2cc(-c3cc(C(F)(F)F)cc(C(F)(F)F)c3)ccc21. The Hall–Kier alpha value is -2.96. The number of para-hydroxylation sites is 1. The quantitative estimate of drug-likeness (QED) is 0.306. The van der Waals surface area contributed by atoms with Crippen molar-refractivity contribution in [2.24, 2.45) is 7.05 Å². The topological polar surface area (TPSA) is 4.93 Å². The standard InChI is InChI=1S/C21H13F6N/c1-28-18-5-3-2-4-16(18)17-10-12(6-7-19(17)28)13-8-14(20(22,23)24)11-15(9-13)21(25,26)27/h2-11H,1H3. The summed E-state index contributed by atoms with van der Waals surface area (Å²) in [5.74, 6) is 0. The van der Waals surface area contributed by atoms with Crippen LogP contribution in [0.3, 0.4) is 0 Å². The molecule has 0 atom stereocenters. The smallest absolute Gasteiger partial charge is 0.344 e. The number of hydrogen-bond donors (Lipinski definition) is 0. The Kier molecular flexibility index (Phi) is 3.96. The van der Waals surface area contributed by atoms with Crippen molar-refractivity contribution in [3.63, 3.8) is 0 Å². The number of aryl methyl sites for hydroxylation is 1. The molecule has 1 heterocycles. The van der Waals surface area contributed by atoms with Crippen molar-refractivity contribution < 1.29 is 26.3 Å². The number of rotatable bonds is 1. The fraction of sp³-hybridized carbons (Fsp3) is 0.143. The molecule has 0 aliphatic heterocycles. The first-order valence-electron chi connectivity index (χ1n) is 8.33. The molecule has 0 radical (unpaired) electrons. The predicted octanol–water partition coefficient (Wildman–Crippen LogP) is 7.04. The lowest BCUT2D eigenvalue weighted by Gasteiger charge is -2.14. The lowest BCUT2D eigenvalue weighted by atomic mass is 9.97. The molecule has 1 nitrogen and oxygen atoms in total. The molecule has 0 N–H and O–H groups in total. The van der Waals surface area contributed by atoms with Crippen LogP contribution >= 0.6 is 0 Å². The van der Waals surface area contributed by atoms with Crippen LogP contribution < -0.4 is 0 Å². The first-order chi connectivity index (χ1) is 13.1. The van der Waals surface area contributed by atoms with E-state index in [1.54, 1.807) is 12.1 Å². The third-order valence-electron chi connectivity index (χ3n) is 4.83. The summed E-state index contributed by atoms with van der Waals surface area (Å²) in [5.41, 5.74) is -0.717. The van der Waals surface area contributed by atoms with Crippen LogP contribution in [0.5, 0.6) is 0 Å². The van der Waals surface area contributed by atoms with E-state index in [1.165, 1.54) is 6.07 Å².